The molecule has 88 valence electrons. The van der Waals surface area contributed by atoms with Gasteiger partial charge in [0.15, 0.2) is 0 Å². The number of para-hydroxylation sites is 2. The summed E-state index contributed by atoms with van der Waals surface area (Å²) in [6, 6.07) is 6.89. The number of phenols is 1. The van der Waals surface area contributed by atoms with Gasteiger partial charge in [0.2, 0.25) is 0 Å². The van der Waals surface area contributed by atoms with Gasteiger partial charge in [-0.2, -0.15) is 0 Å². The molecule has 1 aromatic carbocycles. The van der Waals surface area contributed by atoms with Crippen molar-refractivity contribution in [2.75, 3.05) is 6.61 Å². The summed E-state index contributed by atoms with van der Waals surface area (Å²) in [5.74, 6) is 0.132. The first-order chi connectivity index (χ1) is 8.27. The fourth-order valence-corrected chi connectivity index (χ4v) is 2.11. The molecule has 5 heteroatoms. The van der Waals surface area contributed by atoms with E-state index in [4.69, 9.17) is 4.74 Å². The van der Waals surface area contributed by atoms with Crippen molar-refractivity contribution < 1.29 is 9.84 Å². The van der Waals surface area contributed by atoms with Crippen LogP contribution in [0.2, 0.25) is 0 Å². The van der Waals surface area contributed by atoms with Crippen LogP contribution in [0.25, 0.3) is 5.69 Å². The fourth-order valence-electron chi connectivity index (χ4n) is 2.11. The van der Waals surface area contributed by atoms with E-state index in [1.54, 1.807) is 22.9 Å². The average molecular weight is 232 g/mol. The Kier molecular flexibility index (Phi) is 2.26. The summed E-state index contributed by atoms with van der Waals surface area (Å²) in [5, 5.41) is 12.5. The van der Waals surface area contributed by atoms with E-state index in [1.165, 1.54) is 0 Å². The Bertz CT molecular complexity index is 612. The number of ether oxygens (including phenoxy) is 1. The number of H-pyrrole nitrogens is 1. The van der Waals surface area contributed by atoms with E-state index in [-0.39, 0.29) is 11.3 Å². The van der Waals surface area contributed by atoms with E-state index in [0.29, 0.717) is 25.3 Å². The van der Waals surface area contributed by atoms with E-state index >= 15 is 0 Å². The van der Waals surface area contributed by atoms with Gasteiger partial charge in [0, 0.05) is 12.0 Å². The molecule has 0 unspecified atom stereocenters. The lowest BCUT2D eigenvalue weighted by Gasteiger charge is -2.15. The summed E-state index contributed by atoms with van der Waals surface area (Å²) >= 11 is 0. The highest BCUT2D eigenvalue weighted by molar-refractivity contribution is 5.46. The number of aromatic amines is 1. The third-order valence-corrected chi connectivity index (χ3v) is 2.96. The van der Waals surface area contributed by atoms with Gasteiger partial charge in [0.25, 0.3) is 5.56 Å². The Balaban J connectivity index is 2.22. The van der Waals surface area contributed by atoms with Crippen LogP contribution < -0.4 is 5.56 Å². The number of aromatic nitrogens is 2. The van der Waals surface area contributed by atoms with Gasteiger partial charge in [-0.05, 0) is 12.1 Å². The second-order valence-corrected chi connectivity index (χ2v) is 3.99. The average Bonchev–Trinajstić information content (AvgIpc) is 2.68. The lowest BCUT2D eigenvalue weighted by Crippen LogP contribution is -2.15. The van der Waals surface area contributed by atoms with Crippen molar-refractivity contribution in [1.82, 2.24) is 9.78 Å². The maximum atomic E-state index is 11.8. The number of aromatic hydroxyl groups is 1. The van der Waals surface area contributed by atoms with Crippen LogP contribution in [-0.2, 0) is 17.8 Å². The molecule has 1 aliphatic rings. The molecule has 0 amide bonds. The molecule has 17 heavy (non-hydrogen) atoms. The highest BCUT2D eigenvalue weighted by atomic mass is 16.5. The molecule has 1 aliphatic heterocycles. The van der Waals surface area contributed by atoms with Crippen molar-refractivity contribution in [2.45, 2.75) is 13.0 Å². The molecule has 0 aliphatic carbocycles. The van der Waals surface area contributed by atoms with E-state index in [9.17, 15) is 9.90 Å². The van der Waals surface area contributed by atoms with Crippen LogP contribution >= 0.6 is 0 Å². The predicted octanol–water partition coefficient (Wildman–Crippen LogP) is 0.944. The second-order valence-electron chi connectivity index (χ2n) is 3.99. The predicted molar refractivity (Wildman–Crippen MR) is 61.4 cm³/mol. The molecular weight excluding hydrogens is 220 g/mol. The summed E-state index contributed by atoms with van der Waals surface area (Å²) < 4.78 is 6.95. The van der Waals surface area contributed by atoms with Crippen LogP contribution in [0, 0.1) is 0 Å². The van der Waals surface area contributed by atoms with E-state index in [2.05, 4.69) is 5.10 Å². The van der Waals surface area contributed by atoms with E-state index in [0.717, 1.165) is 11.3 Å². The number of hydrogen-bond donors (Lipinski definition) is 2. The fraction of sp³-hybridized carbons (Fsp3) is 0.250. The van der Waals surface area contributed by atoms with Gasteiger partial charge in [-0.15, -0.1) is 0 Å². The second kappa shape index (κ2) is 3.78. The van der Waals surface area contributed by atoms with E-state index in [1.807, 2.05) is 6.07 Å². The number of rotatable bonds is 1. The molecule has 2 heterocycles. The normalized spacial score (nSPS) is 14.6. The Labute approximate surface area is 97.3 Å². The van der Waals surface area contributed by atoms with Gasteiger partial charge in [-0.25, -0.2) is 0 Å². The van der Waals surface area contributed by atoms with Crippen molar-refractivity contribution in [3.05, 3.63) is 45.9 Å². The van der Waals surface area contributed by atoms with Crippen molar-refractivity contribution >= 4 is 0 Å². The SMILES string of the molecule is O=c1[nH]n(-c2ccccc2O)c2c1CCOC2. The molecule has 1 aromatic heterocycles. The molecule has 2 aromatic rings. The minimum absolute atomic E-state index is 0.105. The molecule has 5 nitrogen and oxygen atoms in total. The van der Waals surface area contributed by atoms with Crippen molar-refractivity contribution in [1.29, 1.82) is 0 Å². The minimum Gasteiger partial charge on any atom is -0.506 e. The Morgan fingerprint density at radius 3 is 3.00 bits per heavy atom. The summed E-state index contributed by atoms with van der Waals surface area (Å²) in [5.41, 5.74) is 2.00. The topological polar surface area (TPSA) is 67.2 Å². The van der Waals surface area contributed by atoms with Gasteiger partial charge in [-0.3, -0.25) is 14.6 Å². The van der Waals surface area contributed by atoms with Crippen LogP contribution in [-0.4, -0.2) is 21.5 Å². The first kappa shape index (κ1) is 10.2. The van der Waals surface area contributed by atoms with Crippen LogP contribution in [0.3, 0.4) is 0 Å². The Morgan fingerprint density at radius 2 is 2.18 bits per heavy atom. The molecule has 0 radical (unpaired) electrons. The monoisotopic (exact) mass is 232 g/mol. The number of phenolic OH excluding ortho intramolecular Hbond substituents is 1. The smallest absolute Gasteiger partial charge is 0.268 e. The summed E-state index contributed by atoms with van der Waals surface area (Å²) in [7, 11) is 0. The molecule has 3 rings (SSSR count). The van der Waals surface area contributed by atoms with Crippen LogP contribution in [0.4, 0.5) is 0 Å². The van der Waals surface area contributed by atoms with Gasteiger partial charge in [0.05, 0.1) is 18.9 Å². The summed E-state index contributed by atoms with van der Waals surface area (Å²) in [6.07, 6.45) is 0.616. The quantitative estimate of drug-likeness (QED) is 0.769. The lowest BCUT2D eigenvalue weighted by molar-refractivity contribution is 0.106. The molecular formula is C12H12N2O3. The molecule has 0 spiro atoms. The number of nitrogens with one attached hydrogen (secondary N) is 1. The van der Waals surface area contributed by atoms with Gasteiger partial charge in [-0.1, -0.05) is 12.1 Å². The molecule has 0 fully saturated rings. The molecule has 0 saturated carbocycles. The highest BCUT2D eigenvalue weighted by Gasteiger charge is 2.20. The first-order valence-electron chi connectivity index (χ1n) is 5.46. The third kappa shape index (κ3) is 1.55. The molecule has 2 N–H and O–H groups in total. The van der Waals surface area contributed by atoms with Gasteiger partial charge < -0.3 is 9.84 Å². The molecule has 0 bridgehead atoms. The zero-order valence-corrected chi connectivity index (χ0v) is 9.14. The zero-order valence-electron chi connectivity index (χ0n) is 9.14. The highest BCUT2D eigenvalue weighted by Crippen LogP contribution is 2.23. The summed E-state index contributed by atoms with van der Waals surface area (Å²) in [4.78, 5) is 11.8. The standard InChI is InChI=1S/C12H12N2O3/c15-11-4-2-1-3-9(11)14-10-7-17-6-5-8(10)12(16)13-14/h1-4,15H,5-7H2,(H,13,16). The number of nitrogens with zero attached hydrogens (tertiary/aromatic N) is 1. The summed E-state index contributed by atoms with van der Waals surface area (Å²) in [6.45, 7) is 0.962. The number of fused-ring (bicyclic) bond motifs is 1. The van der Waals surface area contributed by atoms with Crippen molar-refractivity contribution in [3.8, 4) is 11.4 Å². The number of hydrogen-bond acceptors (Lipinski definition) is 3. The molecule has 0 saturated heterocycles. The maximum Gasteiger partial charge on any atom is 0.268 e. The van der Waals surface area contributed by atoms with Crippen LogP contribution in [0.15, 0.2) is 29.1 Å². The first-order valence-corrected chi connectivity index (χ1v) is 5.46. The van der Waals surface area contributed by atoms with Crippen LogP contribution in [0.5, 0.6) is 5.75 Å². The maximum absolute atomic E-state index is 11.8. The third-order valence-electron chi connectivity index (χ3n) is 2.96. The van der Waals surface area contributed by atoms with Crippen LogP contribution in [0.1, 0.15) is 11.3 Å². The lowest BCUT2D eigenvalue weighted by atomic mass is 10.1. The van der Waals surface area contributed by atoms with Gasteiger partial charge in [0.1, 0.15) is 11.4 Å². The Hall–Kier alpha value is -2.01. The minimum atomic E-state index is -0.105. The van der Waals surface area contributed by atoms with E-state index < -0.39 is 0 Å². The van der Waals surface area contributed by atoms with Crippen molar-refractivity contribution in [2.24, 2.45) is 0 Å². The zero-order chi connectivity index (χ0) is 11.8. The largest absolute Gasteiger partial charge is 0.506 e. The van der Waals surface area contributed by atoms with Gasteiger partial charge >= 0.3 is 0 Å². The van der Waals surface area contributed by atoms with Crippen molar-refractivity contribution in [3.63, 3.8) is 0 Å². The number of benzene rings is 1. The Morgan fingerprint density at radius 1 is 1.35 bits per heavy atom. The molecule has 0 atom stereocenters.